The third-order valence-corrected chi connectivity index (χ3v) is 1.40. The number of esters is 1. The van der Waals surface area contributed by atoms with Gasteiger partial charge < -0.3 is 14.8 Å². The zero-order valence-corrected chi connectivity index (χ0v) is 8.41. The topological polar surface area (TPSA) is 64.6 Å². The van der Waals surface area contributed by atoms with Gasteiger partial charge in [0.25, 0.3) is 0 Å². The van der Waals surface area contributed by atoms with Crippen LogP contribution in [-0.2, 0) is 19.1 Å². The van der Waals surface area contributed by atoms with Gasteiger partial charge in [-0.1, -0.05) is 6.08 Å². The number of carbonyl (C=O) groups is 2. The van der Waals surface area contributed by atoms with Crippen LogP contribution in [0.2, 0.25) is 0 Å². The van der Waals surface area contributed by atoms with E-state index in [-0.39, 0.29) is 12.5 Å². The van der Waals surface area contributed by atoms with Crippen LogP contribution in [0.1, 0.15) is 6.92 Å². The minimum Gasteiger partial charge on any atom is -0.467 e. The largest absolute Gasteiger partial charge is 0.467 e. The molecule has 0 spiro atoms. The van der Waals surface area contributed by atoms with E-state index >= 15 is 0 Å². The molecule has 0 aliphatic carbocycles. The Morgan fingerprint density at radius 2 is 2.21 bits per heavy atom. The maximum atomic E-state index is 11.1. The molecule has 0 fully saturated rings. The number of hydrogen-bond acceptors (Lipinski definition) is 4. The van der Waals surface area contributed by atoms with E-state index in [1.807, 2.05) is 0 Å². The molecule has 1 unspecified atom stereocenters. The maximum absolute atomic E-state index is 11.1. The summed E-state index contributed by atoms with van der Waals surface area (Å²) in [6.07, 6.45) is 1.54. The fraction of sp³-hybridized carbons (Fsp3) is 0.556. The average molecular weight is 201 g/mol. The molecule has 0 heterocycles. The molecule has 5 nitrogen and oxygen atoms in total. The summed E-state index contributed by atoms with van der Waals surface area (Å²) in [7, 11) is 1.26. The second kappa shape index (κ2) is 7.08. The Kier molecular flexibility index (Phi) is 6.39. The van der Waals surface area contributed by atoms with E-state index in [0.29, 0.717) is 6.61 Å². The average Bonchev–Trinajstić information content (AvgIpc) is 2.16. The van der Waals surface area contributed by atoms with Gasteiger partial charge in [0.15, 0.2) is 0 Å². The highest BCUT2D eigenvalue weighted by atomic mass is 16.5. The SMILES string of the molecule is C=CCOCC(=O)NC(C)C(=O)OC. The molecule has 0 radical (unpaired) electrons. The number of hydrogen-bond donors (Lipinski definition) is 1. The summed E-state index contributed by atoms with van der Waals surface area (Å²) in [5.74, 6) is -0.841. The predicted octanol–water partition coefficient (Wildman–Crippen LogP) is -0.133. The third-order valence-electron chi connectivity index (χ3n) is 1.40. The van der Waals surface area contributed by atoms with Crippen molar-refractivity contribution in [1.82, 2.24) is 5.32 Å². The van der Waals surface area contributed by atoms with Gasteiger partial charge in [-0.25, -0.2) is 4.79 Å². The first kappa shape index (κ1) is 12.6. The van der Waals surface area contributed by atoms with Crippen LogP contribution < -0.4 is 5.32 Å². The molecule has 0 saturated carbocycles. The molecule has 0 saturated heterocycles. The highest BCUT2D eigenvalue weighted by Gasteiger charge is 2.15. The van der Waals surface area contributed by atoms with E-state index in [2.05, 4.69) is 16.6 Å². The Balaban J connectivity index is 3.70. The second-order valence-corrected chi connectivity index (χ2v) is 2.62. The van der Waals surface area contributed by atoms with Crippen molar-refractivity contribution in [2.45, 2.75) is 13.0 Å². The van der Waals surface area contributed by atoms with Gasteiger partial charge in [0.1, 0.15) is 12.6 Å². The molecule has 1 N–H and O–H groups in total. The Hall–Kier alpha value is -1.36. The van der Waals surface area contributed by atoms with Gasteiger partial charge in [-0.2, -0.15) is 0 Å². The highest BCUT2D eigenvalue weighted by Crippen LogP contribution is 1.86. The third kappa shape index (κ3) is 5.31. The fourth-order valence-corrected chi connectivity index (χ4v) is 0.754. The number of methoxy groups -OCH3 is 1. The van der Waals surface area contributed by atoms with Gasteiger partial charge in [-0.3, -0.25) is 4.79 Å². The van der Waals surface area contributed by atoms with Crippen LogP contribution in [0.3, 0.4) is 0 Å². The van der Waals surface area contributed by atoms with Gasteiger partial charge in [0.2, 0.25) is 5.91 Å². The number of amides is 1. The zero-order chi connectivity index (χ0) is 11.0. The fourth-order valence-electron chi connectivity index (χ4n) is 0.754. The zero-order valence-electron chi connectivity index (χ0n) is 8.41. The van der Waals surface area contributed by atoms with Crippen molar-refractivity contribution in [2.75, 3.05) is 20.3 Å². The first-order chi connectivity index (χ1) is 6.61. The van der Waals surface area contributed by atoms with Crippen molar-refractivity contribution in [3.05, 3.63) is 12.7 Å². The molecule has 0 bridgehead atoms. The molecule has 1 amide bonds. The first-order valence-corrected chi connectivity index (χ1v) is 4.17. The molecule has 0 rings (SSSR count). The van der Waals surface area contributed by atoms with E-state index in [9.17, 15) is 9.59 Å². The van der Waals surface area contributed by atoms with E-state index < -0.39 is 12.0 Å². The molecule has 1 atom stereocenters. The Morgan fingerprint density at radius 1 is 1.57 bits per heavy atom. The van der Waals surface area contributed by atoms with Crippen LogP contribution in [0.5, 0.6) is 0 Å². The molecule has 0 aromatic heterocycles. The number of ether oxygens (including phenoxy) is 2. The van der Waals surface area contributed by atoms with Crippen molar-refractivity contribution in [3.63, 3.8) is 0 Å². The quantitative estimate of drug-likeness (QED) is 0.369. The predicted molar refractivity (Wildman–Crippen MR) is 50.6 cm³/mol. The molecule has 0 aromatic carbocycles. The maximum Gasteiger partial charge on any atom is 0.328 e. The number of carbonyl (C=O) groups excluding carboxylic acids is 2. The van der Waals surface area contributed by atoms with Gasteiger partial charge in [-0.15, -0.1) is 6.58 Å². The molecule has 0 aromatic rings. The van der Waals surface area contributed by atoms with Crippen LogP contribution in [0.15, 0.2) is 12.7 Å². The Labute approximate surface area is 83.1 Å². The van der Waals surface area contributed by atoms with Crippen LogP contribution in [0, 0.1) is 0 Å². The summed E-state index contributed by atoms with van der Waals surface area (Å²) in [5.41, 5.74) is 0. The van der Waals surface area contributed by atoms with Gasteiger partial charge in [0.05, 0.1) is 13.7 Å². The smallest absolute Gasteiger partial charge is 0.328 e. The van der Waals surface area contributed by atoms with Crippen LogP contribution in [-0.4, -0.2) is 38.2 Å². The van der Waals surface area contributed by atoms with Crippen molar-refractivity contribution in [3.8, 4) is 0 Å². The van der Waals surface area contributed by atoms with Crippen molar-refractivity contribution in [1.29, 1.82) is 0 Å². The van der Waals surface area contributed by atoms with Crippen molar-refractivity contribution >= 4 is 11.9 Å². The lowest BCUT2D eigenvalue weighted by Crippen LogP contribution is -2.40. The Morgan fingerprint density at radius 3 is 2.71 bits per heavy atom. The minimum absolute atomic E-state index is 0.0899. The monoisotopic (exact) mass is 201 g/mol. The summed E-state index contributed by atoms with van der Waals surface area (Å²) in [5, 5.41) is 2.42. The first-order valence-electron chi connectivity index (χ1n) is 4.17. The lowest BCUT2D eigenvalue weighted by atomic mass is 10.3. The van der Waals surface area contributed by atoms with Crippen molar-refractivity contribution in [2.24, 2.45) is 0 Å². The van der Waals surface area contributed by atoms with Gasteiger partial charge in [-0.05, 0) is 6.92 Å². The summed E-state index contributed by atoms with van der Waals surface area (Å²) in [4.78, 5) is 22.0. The highest BCUT2D eigenvalue weighted by molar-refractivity contribution is 5.84. The van der Waals surface area contributed by atoms with E-state index in [1.54, 1.807) is 0 Å². The van der Waals surface area contributed by atoms with Gasteiger partial charge >= 0.3 is 5.97 Å². The lowest BCUT2D eigenvalue weighted by Gasteiger charge is -2.10. The molecule has 5 heteroatoms. The molecular formula is C9H15NO4. The molecule has 0 aliphatic rings. The summed E-state index contributed by atoms with van der Waals surface area (Å²) >= 11 is 0. The second-order valence-electron chi connectivity index (χ2n) is 2.62. The van der Waals surface area contributed by atoms with Crippen LogP contribution >= 0.6 is 0 Å². The van der Waals surface area contributed by atoms with Gasteiger partial charge in [0, 0.05) is 0 Å². The summed E-state index contributed by atoms with van der Waals surface area (Å²) < 4.78 is 9.30. The lowest BCUT2D eigenvalue weighted by molar-refractivity contribution is -0.145. The summed E-state index contributed by atoms with van der Waals surface area (Å²) in [6.45, 7) is 5.18. The van der Waals surface area contributed by atoms with Crippen LogP contribution in [0.25, 0.3) is 0 Å². The molecule has 14 heavy (non-hydrogen) atoms. The Bertz CT molecular complexity index is 215. The van der Waals surface area contributed by atoms with E-state index in [1.165, 1.54) is 20.1 Å². The number of rotatable bonds is 6. The molecule has 80 valence electrons. The van der Waals surface area contributed by atoms with Crippen molar-refractivity contribution < 1.29 is 19.1 Å². The van der Waals surface area contributed by atoms with E-state index in [4.69, 9.17) is 4.74 Å². The minimum atomic E-state index is -0.653. The molecular weight excluding hydrogens is 186 g/mol. The number of nitrogens with one attached hydrogen (secondary N) is 1. The van der Waals surface area contributed by atoms with Crippen LogP contribution in [0.4, 0.5) is 0 Å². The summed E-state index contributed by atoms with van der Waals surface area (Å²) in [6, 6.07) is -0.653. The molecule has 0 aliphatic heterocycles. The van der Waals surface area contributed by atoms with E-state index in [0.717, 1.165) is 0 Å². The standard InChI is InChI=1S/C9H15NO4/c1-4-5-14-6-8(11)10-7(2)9(12)13-3/h4,7H,1,5-6H2,2-3H3,(H,10,11). The normalized spacial score (nSPS) is 11.6.